The van der Waals surface area contributed by atoms with Gasteiger partial charge in [-0.2, -0.15) is 5.10 Å². The van der Waals surface area contributed by atoms with Crippen molar-refractivity contribution < 1.29 is 9.59 Å². The summed E-state index contributed by atoms with van der Waals surface area (Å²) in [5, 5.41) is 6.90. The molecule has 2 aliphatic rings. The number of rotatable bonds is 5. The molecule has 3 aromatic rings. The Labute approximate surface area is 204 Å². The highest BCUT2D eigenvalue weighted by Crippen LogP contribution is 2.29. The molecule has 4 heterocycles. The molecule has 3 amide bonds. The van der Waals surface area contributed by atoms with E-state index in [-0.39, 0.29) is 17.9 Å². The number of nitrogens with zero attached hydrogens (tertiary/aromatic N) is 5. The van der Waals surface area contributed by atoms with Crippen LogP contribution in [0.15, 0.2) is 54.0 Å². The van der Waals surface area contributed by atoms with Gasteiger partial charge in [-0.15, -0.1) is 11.3 Å². The lowest BCUT2D eigenvalue weighted by atomic mass is 9.96. The summed E-state index contributed by atoms with van der Waals surface area (Å²) in [6.07, 6.45) is 5.88. The van der Waals surface area contributed by atoms with Gasteiger partial charge in [-0.05, 0) is 49.3 Å². The fourth-order valence-electron chi connectivity index (χ4n) is 4.97. The molecule has 0 saturated carbocycles. The van der Waals surface area contributed by atoms with Crippen LogP contribution in [0.1, 0.15) is 31.2 Å². The molecule has 2 saturated heterocycles. The number of likely N-dealkylation sites (tertiary alicyclic amines) is 2. The summed E-state index contributed by atoms with van der Waals surface area (Å²) in [6, 6.07) is 14.2. The van der Waals surface area contributed by atoms with E-state index < -0.39 is 0 Å². The molecule has 1 aromatic carbocycles. The van der Waals surface area contributed by atoms with Crippen LogP contribution in [0.3, 0.4) is 0 Å². The average molecular weight is 478 g/mol. The zero-order valence-electron chi connectivity index (χ0n) is 19.6. The van der Waals surface area contributed by atoms with Crippen LogP contribution in [0, 0.1) is 5.92 Å². The molecule has 178 valence electrons. The van der Waals surface area contributed by atoms with Gasteiger partial charge < -0.3 is 14.7 Å². The first kappa shape index (κ1) is 22.7. The predicted octanol–water partition coefficient (Wildman–Crippen LogP) is 4.49. The van der Waals surface area contributed by atoms with Crippen LogP contribution in [0.2, 0.25) is 0 Å². The van der Waals surface area contributed by atoms with Crippen molar-refractivity contribution >= 4 is 23.3 Å². The van der Waals surface area contributed by atoms with Crippen LogP contribution in [0.25, 0.3) is 16.3 Å². The van der Waals surface area contributed by atoms with Gasteiger partial charge in [0.1, 0.15) is 5.69 Å². The maximum absolute atomic E-state index is 13.4. The second-order valence-corrected chi connectivity index (χ2v) is 10.2. The Morgan fingerprint density at radius 2 is 1.79 bits per heavy atom. The van der Waals surface area contributed by atoms with Crippen LogP contribution in [0.5, 0.6) is 0 Å². The standard InChI is InChI=1S/C26H31N5O2S/c1-28(25(32)20-9-7-15-30(18-20)26(33)29-13-5-6-14-29)17-21-19-31(22-10-3-2-4-11-22)27-24(21)23-12-8-16-34-23/h2-4,8,10-12,16,19-20H,5-7,9,13-15,17-18H2,1H3. The Morgan fingerprint density at radius 3 is 2.53 bits per heavy atom. The van der Waals surface area contributed by atoms with Gasteiger partial charge in [0, 0.05) is 51.5 Å². The van der Waals surface area contributed by atoms with Gasteiger partial charge in [0.25, 0.3) is 0 Å². The number of aromatic nitrogens is 2. The molecule has 8 heteroatoms. The predicted molar refractivity (Wildman–Crippen MR) is 134 cm³/mol. The van der Waals surface area contributed by atoms with E-state index in [0.29, 0.717) is 13.1 Å². The molecule has 0 bridgehead atoms. The Kier molecular flexibility index (Phi) is 6.67. The van der Waals surface area contributed by atoms with Crippen LogP contribution < -0.4 is 0 Å². The molecule has 5 rings (SSSR count). The zero-order valence-corrected chi connectivity index (χ0v) is 20.4. The highest BCUT2D eigenvalue weighted by atomic mass is 32.1. The number of urea groups is 1. The van der Waals surface area contributed by atoms with Gasteiger partial charge >= 0.3 is 6.03 Å². The van der Waals surface area contributed by atoms with E-state index in [0.717, 1.165) is 67.1 Å². The van der Waals surface area contributed by atoms with Crippen LogP contribution >= 0.6 is 11.3 Å². The lowest BCUT2D eigenvalue weighted by Gasteiger charge is -2.36. The fourth-order valence-corrected chi connectivity index (χ4v) is 5.71. The van der Waals surface area contributed by atoms with Gasteiger partial charge in [0.15, 0.2) is 0 Å². The number of thiophene rings is 1. The number of hydrogen-bond donors (Lipinski definition) is 0. The van der Waals surface area contributed by atoms with Crippen LogP contribution in [-0.4, -0.2) is 69.6 Å². The third kappa shape index (κ3) is 4.73. The van der Waals surface area contributed by atoms with Gasteiger partial charge in [-0.1, -0.05) is 24.3 Å². The molecule has 1 unspecified atom stereocenters. The van der Waals surface area contributed by atoms with Gasteiger partial charge in [0.2, 0.25) is 5.91 Å². The fraction of sp³-hybridized carbons (Fsp3) is 0.423. The third-order valence-electron chi connectivity index (χ3n) is 6.77. The van der Waals surface area contributed by atoms with Gasteiger partial charge in [-0.3, -0.25) is 4.79 Å². The highest BCUT2D eigenvalue weighted by Gasteiger charge is 2.33. The maximum atomic E-state index is 13.4. The third-order valence-corrected chi connectivity index (χ3v) is 7.64. The first-order chi connectivity index (χ1) is 16.6. The summed E-state index contributed by atoms with van der Waals surface area (Å²) < 4.78 is 1.89. The average Bonchev–Trinajstić information content (AvgIpc) is 3.66. The maximum Gasteiger partial charge on any atom is 0.320 e. The molecule has 1 atom stereocenters. The number of carbonyl (C=O) groups is 2. The monoisotopic (exact) mass is 477 g/mol. The van der Waals surface area contributed by atoms with Crippen molar-refractivity contribution in [1.29, 1.82) is 0 Å². The number of piperidine rings is 1. The number of para-hydroxylation sites is 1. The molecular formula is C26H31N5O2S. The van der Waals surface area contributed by atoms with Crippen molar-refractivity contribution in [3.05, 3.63) is 59.6 Å². The summed E-state index contributed by atoms with van der Waals surface area (Å²) in [7, 11) is 1.86. The first-order valence-corrected chi connectivity index (χ1v) is 12.9. The topological polar surface area (TPSA) is 61.7 Å². The quantitative estimate of drug-likeness (QED) is 0.544. The number of amides is 3. The van der Waals surface area contributed by atoms with Gasteiger partial charge in [-0.25, -0.2) is 9.48 Å². The molecular weight excluding hydrogens is 446 g/mol. The van der Waals surface area contributed by atoms with Crippen molar-refractivity contribution in [2.24, 2.45) is 5.92 Å². The van der Waals surface area contributed by atoms with E-state index >= 15 is 0 Å². The van der Waals surface area contributed by atoms with E-state index in [2.05, 4.69) is 6.07 Å². The Morgan fingerprint density at radius 1 is 1.03 bits per heavy atom. The Hall–Kier alpha value is -3.13. The lowest BCUT2D eigenvalue weighted by molar-refractivity contribution is -0.136. The van der Waals surface area contributed by atoms with E-state index in [1.54, 1.807) is 16.2 Å². The molecule has 2 aliphatic heterocycles. The molecule has 34 heavy (non-hydrogen) atoms. The van der Waals surface area contributed by atoms with Crippen molar-refractivity contribution in [3.63, 3.8) is 0 Å². The highest BCUT2D eigenvalue weighted by molar-refractivity contribution is 7.13. The first-order valence-electron chi connectivity index (χ1n) is 12.1. The summed E-state index contributed by atoms with van der Waals surface area (Å²) in [5.74, 6) is -0.0526. The van der Waals surface area contributed by atoms with E-state index in [1.165, 1.54) is 0 Å². The molecule has 0 aliphatic carbocycles. The smallest absolute Gasteiger partial charge is 0.320 e. The molecule has 7 nitrogen and oxygen atoms in total. The van der Waals surface area contributed by atoms with Gasteiger partial charge in [0.05, 0.1) is 16.5 Å². The molecule has 0 radical (unpaired) electrons. The normalized spacial score (nSPS) is 18.3. The molecule has 2 fully saturated rings. The van der Waals surface area contributed by atoms with E-state index in [4.69, 9.17) is 5.10 Å². The van der Waals surface area contributed by atoms with Crippen LogP contribution in [-0.2, 0) is 11.3 Å². The zero-order chi connectivity index (χ0) is 23.5. The van der Waals surface area contributed by atoms with Crippen molar-refractivity contribution in [2.45, 2.75) is 32.2 Å². The minimum Gasteiger partial charge on any atom is -0.341 e. The molecule has 0 spiro atoms. The van der Waals surface area contributed by atoms with E-state index in [9.17, 15) is 9.59 Å². The number of carbonyl (C=O) groups excluding carboxylic acids is 2. The summed E-state index contributed by atoms with van der Waals surface area (Å²) >= 11 is 1.65. The summed E-state index contributed by atoms with van der Waals surface area (Å²) in [4.78, 5) is 33.0. The minimum absolute atomic E-state index is 0.0989. The van der Waals surface area contributed by atoms with Crippen molar-refractivity contribution in [3.8, 4) is 16.3 Å². The minimum atomic E-state index is -0.153. The molecule has 2 aromatic heterocycles. The van der Waals surface area contributed by atoms with Crippen LogP contribution in [0.4, 0.5) is 4.79 Å². The van der Waals surface area contributed by atoms with Crippen molar-refractivity contribution in [2.75, 3.05) is 33.2 Å². The number of benzene rings is 1. The second-order valence-electron chi connectivity index (χ2n) is 9.22. The Bertz CT molecular complexity index is 1120. The van der Waals surface area contributed by atoms with Crippen molar-refractivity contribution in [1.82, 2.24) is 24.5 Å². The SMILES string of the molecule is CN(Cc1cn(-c2ccccc2)nc1-c1cccs1)C(=O)C1CCCN(C(=O)N2CCCC2)C1. The molecule has 0 N–H and O–H groups in total. The largest absolute Gasteiger partial charge is 0.341 e. The van der Waals surface area contributed by atoms with E-state index in [1.807, 2.05) is 69.5 Å². The summed E-state index contributed by atoms with van der Waals surface area (Å²) in [6.45, 7) is 3.42. The summed E-state index contributed by atoms with van der Waals surface area (Å²) in [5.41, 5.74) is 2.92. The number of hydrogen-bond acceptors (Lipinski definition) is 4. The second kappa shape index (κ2) is 10.0. The lowest BCUT2D eigenvalue weighted by Crippen LogP contribution is -2.49. The Balaban J connectivity index is 1.31.